The summed E-state index contributed by atoms with van der Waals surface area (Å²) < 4.78 is 5.74. The monoisotopic (exact) mass is 352 g/mol. The first-order valence-electron chi connectivity index (χ1n) is 8.19. The van der Waals surface area contributed by atoms with Crippen molar-refractivity contribution in [2.24, 2.45) is 5.92 Å². The molecule has 1 aromatic heterocycles. The molecule has 4 nitrogen and oxygen atoms in total. The quantitative estimate of drug-likeness (QED) is 0.731. The molecule has 2 atom stereocenters. The highest BCUT2D eigenvalue weighted by Gasteiger charge is 2.34. The molecule has 3 aromatic rings. The van der Waals surface area contributed by atoms with Gasteiger partial charge in [0.05, 0.1) is 24.4 Å². The number of nitrogens with zero attached hydrogens (tertiary/aromatic N) is 1. The van der Waals surface area contributed by atoms with Gasteiger partial charge in [0.25, 0.3) is 0 Å². The zero-order chi connectivity index (χ0) is 17.4. The number of fused-ring (bicyclic) bond motifs is 2. The van der Waals surface area contributed by atoms with Gasteiger partial charge < -0.3 is 10.1 Å². The first kappa shape index (κ1) is 15.9. The highest BCUT2D eigenvalue weighted by atomic mass is 35.5. The van der Waals surface area contributed by atoms with E-state index in [4.69, 9.17) is 16.3 Å². The van der Waals surface area contributed by atoms with Crippen LogP contribution >= 0.6 is 11.6 Å². The Bertz CT molecular complexity index is 952. The lowest BCUT2D eigenvalue weighted by Gasteiger charge is -2.30. The van der Waals surface area contributed by atoms with Crippen LogP contribution in [0.1, 0.15) is 18.4 Å². The van der Waals surface area contributed by atoms with E-state index in [1.807, 2.05) is 43.3 Å². The summed E-state index contributed by atoms with van der Waals surface area (Å²) in [4.78, 5) is 17.3. The second-order valence-corrected chi connectivity index (χ2v) is 6.78. The van der Waals surface area contributed by atoms with Crippen molar-refractivity contribution in [2.75, 3.05) is 11.9 Å². The maximum atomic E-state index is 13.1. The van der Waals surface area contributed by atoms with Crippen LogP contribution in [0.25, 0.3) is 10.8 Å². The molecule has 0 unspecified atom stereocenters. The lowest BCUT2D eigenvalue weighted by molar-refractivity contribution is -0.119. The predicted molar refractivity (Wildman–Crippen MR) is 99.2 cm³/mol. The van der Waals surface area contributed by atoms with Crippen molar-refractivity contribution >= 4 is 34.0 Å². The highest BCUT2D eigenvalue weighted by molar-refractivity contribution is 6.30. The van der Waals surface area contributed by atoms with Gasteiger partial charge in [-0.3, -0.25) is 9.78 Å². The Balaban J connectivity index is 1.70. The summed E-state index contributed by atoms with van der Waals surface area (Å²) in [6.45, 7) is 2.51. The average molecular weight is 353 g/mol. The smallest absolute Gasteiger partial charge is 0.232 e. The van der Waals surface area contributed by atoms with Gasteiger partial charge in [-0.25, -0.2) is 0 Å². The molecule has 25 heavy (non-hydrogen) atoms. The molecular weight excluding hydrogens is 336 g/mol. The Kier molecular flexibility index (Phi) is 4.06. The van der Waals surface area contributed by atoms with E-state index >= 15 is 0 Å². The number of hydrogen-bond donors (Lipinski definition) is 1. The van der Waals surface area contributed by atoms with Gasteiger partial charge in [-0.05, 0) is 18.2 Å². The van der Waals surface area contributed by atoms with Crippen molar-refractivity contribution in [2.45, 2.75) is 12.8 Å². The number of benzene rings is 2. The summed E-state index contributed by atoms with van der Waals surface area (Å²) in [6, 6.07) is 13.3. The minimum absolute atomic E-state index is 0.0499. The van der Waals surface area contributed by atoms with Crippen LogP contribution < -0.4 is 10.1 Å². The Morgan fingerprint density at radius 1 is 1.24 bits per heavy atom. The van der Waals surface area contributed by atoms with Crippen molar-refractivity contribution in [1.82, 2.24) is 4.98 Å². The molecule has 1 aliphatic heterocycles. The lowest BCUT2D eigenvalue weighted by Crippen LogP contribution is -2.33. The van der Waals surface area contributed by atoms with Gasteiger partial charge in [-0.2, -0.15) is 0 Å². The number of hydrogen-bond acceptors (Lipinski definition) is 3. The molecule has 0 saturated carbocycles. The molecular formula is C20H17ClN2O2. The van der Waals surface area contributed by atoms with Crippen LogP contribution in [0.15, 0.2) is 54.9 Å². The lowest BCUT2D eigenvalue weighted by atomic mass is 9.84. The molecule has 2 aromatic carbocycles. The SMILES string of the molecule is C[C@@H]1COc2ccc(Cl)cc2[C@H]1C(=O)Nc1cncc2ccccc12. The fraction of sp³-hybridized carbons (Fsp3) is 0.200. The summed E-state index contributed by atoms with van der Waals surface area (Å²) in [5, 5.41) is 5.60. The molecule has 2 heterocycles. The van der Waals surface area contributed by atoms with Gasteiger partial charge in [-0.15, -0.1) is 0 Å². The molecule has 0 spiro atoms. The fourth-order valence-electron chi connectivity index (χ4n) is 3.34. The maximum Gasteiger partial charge on any atom is 0.232 e. The van der Waals surface area contributed by atoms with E-state index in [2.05, 4.69) is 10.3 Å². The number of rotatable bonds is 2. The first-order chi connectivity index (χ1) is 12.1. The van der Waals surface area contributed by atoms with Gasteiger partial charge in [0.15, 0.2) is 0 Å². The second-order valence-electron chi connectivity index (χ2n) is 6.35. The van der Waals surface area contributed by atoms with E-state index in [-0.39, 0.29) is 17.7 Å². The number of anilines is 1. The van der Waals surface area contributed by atoms with Crippen molar-refractivity contribution in [3.63, 3.8) is 0 Å². The number of ether oxygens (including phenoxy) is 1. The van der Waals surface area contributed by atoms with E-state index in [1.165, 1.54) is 0 Å². The van der Waals surface area contributed by atoms with E-state index in [9.17, 15) is 4.79 Å². The molecule has 0 saturated heterocycles. The zero-order valence-corrected chi connectivity index (χ0v) is 14.5. The van der Waals surface area contributed by atoms with Crippen LogP contribution in [-0.2, 0) is 4.79 Å². The topological polar surface area (TPSA) is 51.2 Å². The third kappa shape index (κ3) is 2.94. The summed E-state index contributed by atoms with van der Waals surface area (Å²) in [7, 11) is 0. The summed E-state index contributed by atoms with van der Waals surface area (Å²) in [6.07, 6.45) is 3.47. The van der Waals surface area contributed by atoms with Gasteiger partial charge in [0.2, 0.25) is 5.91 Å². The number of halogens is 1. The van der Waals surface area contributed by atoms with Gasteiger partial charge in [-0.1, -0.05) is 42.8 Å². The van der Waals surface area contributed by atoms with Crippen LogP contribution in [-0.4, -0.2) is 17.5 Å². The van der Waals surface area contributed by atoms with Crippen LogP contribution in [0.5, 0.6) is 5.75 Å². The number of carbonyl (C=O) groups is 1. The highest BCUT2D eigenvalue weighted by Crippen LogP contribution is 2.39. The number of carbonyl (C=O) groups excluding carboxylic acids is 1. The third-order valence-corrected chi connectivity index (χ3v) is 4.82. The Labute approximate surface area is 150 Å². The molecule has 126 valence electrons. The first-order valence-corrected chi connectivity index (χ1v) is 8.57. The van der Waals surface area contributed by atoms with Crippen molar-refractivity contribution in [3.05, 3.63) is 65.4 Å². The second kappa shape index (κ2) is 6.37. The van der Waals surface area contributed by atoms with Crippen molar-refractivity contribution in [1.29, 1.82) is 0 Å². The molecule has 5 heteroatoms. The predicted octanol–water partition coefficient (Wildman–Crippen LogP) is 4.64. The van der Waals surface area contributed by atoms with E-state index in [0.29, 0.717) is 17.3 Å². The maximum absolute atomic E-state index is 13.1. The Hall–Kier alpha value is -2.59. The minimum Gasteiger partial charge on any atom is -0.493 e. The molecule has 0 bridgehead atoms. The largest absolute Gasteiger partial charge is 0.493 e. The van der Waals surface area contributed by atoms with Gasteiger partial charge in [0.1, 0.15) is 5.75 Å². The Morgan fingerprint density at radius 2 is 2.08 bits per heavy atom. The minimum atomic E-state index is -0.318. The van der Waals surface area contributed by atoms with Crippen LogP contribution in [0.4, 0.5) is 5.69 Å². The number of nitrogens with one attached hydrogen (secondary N) is 1. The van der Waals surface area contributed by atoms with E-state index in [0.717, 1.165) is 22.1 Å². The summed E-state index contributed by atoms with van der Waals surface area (Å²) in [5.41, 5.74) is 1.54. The average Bonchev–Trinajstić information content (AvgIpc) is 2.61. The normalized spacial score (nSPS) is 19.1. The molecule has 1 aliphatic rings. The fourth-order valence-corrected chi connectivity index (χ4v) is 3.52. The molecule has 0 aliphatic carbocycles. The molecule has 0 fully saturated rings. The van der Waals surface area contributed by atoms with Crippen molar-refractivity contribution < 1.29 is 9.53 Å². The third-order valence-electron chi connectivity index (χ3n) is 4.59. The van der Waals surface area contributed by atoms with Crippen LogP contribution in [0.2, 0.25) is 5.02 Å². The molecule has 1 amide bonds. The van der Waals surface area contributed by atoms with Gasteiger partial charge in [0, 0.05) is 33.5 Å². The number of aromatic nitrogens is 1. The van der Waals surface area contributed by atoms with E-state index in [1.54, 1.807) is 18.5 Å². The van der Waals surface area contributed by atoms with Gasteiger partial charge >= 0.3 is 0 Å². The summed E-state index contributed by atoms with van der Waals surface area (Å²) >= 11 is 6.14. The summed E-state index contributed by atoms with van der Waals surface area (Å²) in [5.74, 6) is 0.381. The van der Waals surface area contributed by atoms with Crippen LogP contribution in [0, 0.1) is 5.92 Å². The zero-order valence-electron chi connectivity index (χ0n) is 13.7. The number of amides is 1. The molecule has 4 rings (SSSR count). The van der Waals surface area contributed by atoms with E-state index < -0.39 is 0 Å². The molecule has 0 radical (unpaired) electrons. The molecule has 1 N–H and O–H groups in total. The van der Waals surface area contributed by atoms with Crippen LogP contribution in [0.3, 0.4) is 0 Å². The standard InChI is InChI=1S/C20H17ClN2O2/c1-12-11-25-18-7-6-14(21)8-16(18)19(12)20(24)23-17-10-22-9-13-4-2-3-5-15(13)17/h2-10,12,19H,11H2,1H3,(H,23,24)/t12-,19+/m1/s1. The Morgan fingerprint density at radius 3 is 2.96 bits per heavy atom. The van der Waals surface area contributed by atoms with Crippen molar-refractivity contribution in [3.8, 4) is 5.75 Å². The number of pyridine rings is 1.